The van der Waals surface area contributed by atoms with Crippen molar-refractivity contribution in [1.29, 1.82) is 0 Å². The fraction of sp³-hybridized carbons (Fsp3) is 0.842. The average molecular weight is 1150 g/mol. The zero-order chi connectivity index (χ0) is 59.6. The smallest absolute Gasteiger partial charge is 0.253 e. The number of ether oxygens (including phenoxy) is 10. The highest BCUT2D eigenvalue weighted by Crippen LogP contribution is 2.31. The highest BCUT2D eigenvalue weighted by molar-refractivity contribution is 6.13. The van der Waals surface area contributed by atoms with E-state index < -0.39 is 22.6 Å². The van der Waals surface area contributed by atoms with E-state index >= 15 is 0 Å². The molecule has 0 saturated heterocycles. The van der Waals surface area contributed by atoms with E-state index in [-0.39, 0.29) is 106 Å². The number of nitrogens with zero attached hydrogens (tertiary/aromatic N) is 2. The molecule has 0 fully saturated rings. The van der Waals surface area contributed by atoms with Crippen LogP contribution in [0.5, 0.6) is 0 Å². The molecule has 1 rings (SSSR count). The molecule has 0 unspecified atom stereocenters. The number of imide groups is 1. The van der Waals surface area contributed by atoms with Crippen molar-refractivity contribution in [3.63, 3.8) is 0 Å². The van der Waals surface area contributed by atoms with Gasteiger partial charge in [0.15, 0.2) is 0 Å². The van der Waals surface area contributed by atoms with E-state index in [0.717, 1.165) is 30.6 Å². The predicted molar refractivity (Wildman–Crippen MR) is 301 cm³/mol. The molecule has 80 heavy (non-hydrogen) atoms. The van der Waals surface area contributed by atoms with Gasteiger partial charge in [-0.25, -0.2) is 0 Å². The number of rotatable bonds is 51. The third kappa shape index (κ3) is 40.9. The Morgan fingerprint density at radius 3 is 1.00 bits per heavy atom. The van der Waals surface area contributed by atoms with Crippen LogP contribution in [-0.2, 0) is 80.9 Å². The molecule has 464 valence electrons. The summed E-state index contributed by atoms with van der Waals surface area (Å²) in [6.07, 6.45) is 6.29. The van der Waals surface area contributed by atoms with Gasteiger partial charge in [0.1, 0.15) is 0 Å². The molecule has 0 atom stereocenters. The minimum atomic E-state index is -0.448. The summed E-state index contributed by atoms with van der Waals surface area (Å²) in [7, 11) is 0. The minimum absolute atomic E-state index is 0.0129. The molecule has 4 N–H and O–H groups in total. The molecule has 0 spiro atoms. The Morgan fingerprint density at radius 1 is 0.388 bits per heavy atom. The molecule has 0 aromatic rings. The first-order valence-electron chi connectivity index (χ1n) is 28.6. The minimum Gasteiger partial charge on any atom is -0.379 e. The van der Waals surface area contributed by atoms with E-state index in [4.69, 9.17) is 47.4 Å². The van der Waals surface area contributed by atoms with Crippen molar-refractivity contribution < 1.29 is 80.9 Å². The summed E-state index contributed by atoms with van der Waals surface area (Å²) in [5, 5.41) is 11.4. The molecule has 23 heteroatoms. The first kappa shape index (κ1) is 73.8. The summed E-state index contributed by atoms with van der Waals surface area (Å²) < 4.78 is 55.7. The van der Waals surface area contributed by atoms with Crippen LogP contribution in [0.4, 0.5) is 0 Å². The largest absolute Gasteiger partial charge is 0.379 e. The quantitative estimate of drug-likeness (QED) is 0.0503. The Balaban J connectivity index is 2.08. The normalized spacial score (nSPS) is 13.1. The summed E-state index contributed by atoms with van der Waals surface area (Å²) in [6.45, 7) is 29.2. The predicted octanol–water partition coefficient (Wildman–Crippen LogP) is 3.25. The van der Waals surface area contributed by atoms with Gasteiger partial charge in [-0.3, -0.25) is 38.5 Å². The maximum absolute atomic E-state index is 13.1. The number of carbonyl (C=O) groups excluding carboxylic acids is 7. The van der Waals surface area contributed by atoms with Crippen LogP contribution >= 0.6 is 0 Å². The number of amides is 7. The zero-order valence-electron chi connectivity index (χ0n) is 50.5. The molecular weight excluding hydrogens is 1040 g/mol. The lowest BCUT2D eigenvalue weighted by atomic mass is 9.79. The zero-order valence-corrected chi connectivity index (χ0v) is 50.5. The molecule has 1 aliphatic heterocycles. The van der Waals surface area contributed by atoms with E-state index in [1.165, 1.54) is 12.2 Å². The molecule has 7 amide bonds. The van der Waals surface area contributed by atoms with E-state index in [0.29, 0.717) is 132 Å². The first-order chi connectivity index (χ1) is 37.9. The maximum atomic E-state index is 13.1. The van der Waals surface area contributed by atoms with E-state index in [1.807, 2.05) is 27.7 Å². The molecule has 0 aromatic carbocycles. The Bertz CT molecular complexity index is 1660. The fourth-order valence-electron chi connectivity index (χ4n) is 7.04. The second-order valence-electron chi connectivity index (χ2n) is 23.0. The molecule has 1 heterocycles. The summed E-state index contributed by atoms with van der Waals surface area (Å²) in [4.78, 5) is 89.0. The monoisotopic (exact) mass is 1140 g/mol. The van der Waals surface area contributed by atoms with Crippen molar-refractivity contribution in [3.8, 4) is 0 Å². The van der Waals surface area contributed by atoms with E-state index in [9.17, 15) is 33.6 Å². The van der Waals surface area contributed by atoms with Gasteiger partial charge in [-0.15, -0.1) is 0 Å². The molecule has 0 aromatic heterocycles. The van der Waals surface area contributed by atoms with Crippen LogP contribution < -0.4 is 21.3 Å². The SMILES string of the molecule is CC(C)(C)CCC(C)(C)C(=O)NCCOCCNC(=O)CCOCCOCCOCCOCCN(CCOCCOCCOCCOCCC(=O)NCCOCCNC(=O)C(C)(C)CCC(C)(C)C)C(=O)CCN1C(=O)C=CC1=O. The van der Waals surface area contributed by atoms with Crippen molar-refractivity contribution in [2.24, 2.45) is 21.7 Å². The van der Waals surface area contributed by atoms with Crippen molar-refractivity contribution in [1.82, 2.24) is 31.1 Å². The molecule has 0 bridgehead atoms. The number of nitrogens with one attached hydrogen (secondary N) is 4. The van der Waals surface area contributed by atoms with Crippen LogP contribution in [0.3, 0.4) is 0 Å². The lowest BCUT2D eigenvalue weighted by Gasteiger charge is -2.27. The maximum Gasteiger partial charge on any atom is 0.253 e. The van der Waals surface area contributed by atoms with Gasteiger partial charge < -0.3 is 73.5 Å². The third-order valence-electron chi connectivity index (χ3n) is 12.4. The van der Waals surface area contributed by atoms with E-state index in [1.54, 1.807) is 4.90 Å². The van der Waals surface area contributed by atoms with Crippen LogP contribution in [0, 0.1) is 21.7 Å². The van der Waals surface area contributed by atoms with Crippen LogP contribution in [0.25, 0.3) is 0 Å². The molecular formula is C57H104N6O17. The first-order valence-corrected chi connectivity index (χ1v) is 28.6. The highest BCUT2D eigenvalue weighted by Gasteiger charge is 2.30. The second-order valence-corrected chi connectivity index (χ2v) is 23.0. The van der Waals surface area contributed by atoms with Crippen molar-refractivity contribution in [3.05, 3.63) is 12.2 Å². The van der Waals surface area contributed by atoms with Gasteiger partial charge in [0.05, 0.1) is 132 Å². The van der Waals surface area contributed by atoms with Crippen molar-refractivity contribution in [2.75, 3.05) is 178 Å². The Hall–Kier alpha value is -4.17. The molecule has 0 saturated carbocycles. The topological polar surface area (TPSA) is 266 Å². The van der Waals surface area contributed by atoms with Gasteiger partial charge in [0.25, 0.3) is 11.8 Å². The van der Waals surface area contributed by atoms with Crippen LogP contribution in [0.15, 0.2) is 12.2 Å². The van der Waals surface area contributed by atoms with Crippen molar-refractivity contribution >= 4 is 41.4 Å². The van der Waals surface area contributed by atoms with Gasteiger partial charge in [0.2, 0.25) is 29.5 Å². The average Bonchev–Trinajstić information content (AvgIpc) is 3.72. The van der Waals surface area contributed by atoms with Gasteiger partial charge in [0, 0.05) is 88.1 Å². The lowest BCUT2D eigenvalue weighted by Crippen LogP contribution is -2.40. The number of hydrogen-bond donors (Lipinski definition) is 4. The Kier molecular flexibility index (Phi) is 40.2. The molecule has 0 aliphatic carbocycles. The van der Waals surface area contributed by atoms with Crippen LogP contribution in [0.2, 0.25) is 0 Å². The summed E-state index contributed by atoms with van der Waals surface area (Å²) in [5.41, 5.74) is -0.536. The number of hydrogen-bond acceptors (Lipinski definition) is 17. The fourth-order valence-corrected chi connectivity index (χ4v) is 7.04. The third-order valence-corrected chi connectivity index (χ3v) is 12.4. The molecule has 0 radical (unpaired) electrons. The molecule has 1 aliphatic rings. The van der Waals surface area contributed by atoms with Crippen molar-refractivity contribution in [2.45, 2.75) is 114 Å². The standard InChI is InChI=1S/C57H104N6O17/c1-54(2,3)16-18-56(7,8)52(69)60-22-31-73-29-20-58-47(64)14-27-71-35-39-77-43-45-79-41-37-75-33-25-62(49(66)13-24-63-50(67)11-12-51(63)68)26-34-76-38-42-80-46-44-78-40-36-72-28-15-48(65)59-21-30-74-32-23-61-53(70)57(9,10)19-17-55(4,5)6/h11-12H,13-46H2,1-10H3,(H,58,64)(H,59,65)(H,60,69)(H,61,70). The van der Waals surface area contributed by atoms with Gasteiger partial charge in [-0.05, 0) is 36.5 Å². The number of carbonyl (C=O) groups is 7. The van der Waals surface area contributed by atoms with Crippen LogP contribution in [0.1, 0.15) is 114 Å². The van der Waals surface area contributed by atoms with E-state index in [2.05, 4.69) is 62.8 Å². The highest BCUT2D eigenvalue weighted by atomic mass is 16.6. The van der Waals surface area contributed by atoms with Crippen LogP contribution in [-0.4, -0.2) is 229 Å². The second kappa shape index (κ2) is 43.5. The Labute approximate surface area is 477 Å². The van der Waals surface area contributed by atoms with Gasteiger partial charge >= 0.3 is 0 Å². The van der Waals surface area contributed by atoms with Gasteiger partial charge in [-0.1, -0.05) is 69.2 Å². The van der Waals surface area contributed by atoms with Gasteiger partial charge in [-0.2, -0.15) is 0 Å². The summed E-state index contributed by atoms with van der Waals surface area (Å²) >= 11 is 0. The summed E-state index contributed by atoms with van der Waals surface area (Å²) in [6, 6.07) is 0. The summed E-state index contributed by atoms with van der Waals surface area (Å²) in [5.74, 6) is -1.41. The lowest BCUT2D eigenvalue weighted by molar-refractivity contribution is -0.139. The Morgan fingerprint density at radius 2 is 0.675 bits per heavy atom. The molecule has 23 nitrogen and oxygen atoms in total.